The van der Waals surface area contributed by atoms with Crippen molar-refractivity contribution in [1.82, 2.24) is 10.2 Å². The molecule has 1 aliphatic rings. The molecule has 0 saturated carbocycles. The number of rotatable bonds is 1. The van der Waals surface area contributed by atoms with Crippen LogP contribution in [0.5, 0.6) is 11.5 Å². The number of fused-ring (bicyclic) bond motifs is 1. The fourth-order valence-electron chi connectivity index (χ4n) is 1.60. The largest absolute Gasteiger partial charge is 0.454 e. The summed E-state index contributed by atoms with van der Waals surface area (Å²) in [6, 6.07) is 5.52. The smallest absolute Gasteiger partial charge is 0.231 e. The number of H-pyrrole nitrogens is 1. The monoisotopic (exact) mass is 281 g/mol. The van der Waals surface area contributed by atoms with Crippen molar-refractivity contribution in [1.29, 1.82) is 0 Å². The fraction of sp³-hybridized carbons (Fsp3) is 0.100. The molecule has 0 aliphatic carbocycles. The Morgan fingerprint density at radius 1 is 1.25 bits per heavy atom. The van der Waals surface area contributed by atoms with Crippen molar-refractivity contribution < 1.29 is 9.47 Å². The van der Waals surface area contributed by atoms with Gasteiger partial charge >= 0.3 is 0 Å². The van der Waals surface area contributed by atoms with Gasteiger partial charge in [-0.15, -0.1) is 0 Å². The van der Waals surface area contributed by atoms with Crippen LogP contribution in [0.3, 0.4) is 0 Å². The maximum Gasteiger partial charge on any atom is 0.231 e. The van der Waals surface area contributed by atoms with Crippen LogP contribution in [0.1, 0.15) is 0 Å². The Morgan fingerprint density at radius 2 is 2.00 bits per heavy atom. The van der Waals surface area contributed by atoms with Crippen LogP contribution in [0.2, 0.25) is 0 Å². The molecule has 0 spiro atoms. The molecular formula is C10H8BrN3O2. The summed E-state index contributed by atoms with van der Waals surface area (Å²) in [5.74, 6) is 1.93. The molecule has 0 atom stereocenters. The van der Waals surface area contributed by atoms with Gasteiger partial charge in [-0.05, 0) is 28.1 Å². The molecule has 0 bridgehead atoms. The van der Waals surface area contributed by atoms with Crippen LogP contribution in [-0.4, -0.2) is 17.0 Å². The third kappa shape index (κ3) is 1.42. The molecule has 0 radical (unpaired) electrons. The van der Waals surface area contributed by atoms with Crippen molar-refractivity contribution in [2.45, 2.75) is 0 Å². The number of nitrogen functional groups attached to an aromatic ring is 1. The van der Waals surface area contributed by atoms with Crippen LogP contribution >= 0.6 is 15.9 Å². The molecule has 0 fully saturated rings. The van der Waals surface area contributed by atoms with Crippen LogP contribution in [0.15, 0.2) is 22.7 Å². The summed E-state index contributed by atoms with van der Waals surface area (Å²) in [5.41, 5.74) is 7.34. The van der Waals surface area contributed by atoms with Gasteiger partial charge < -0.3 is 15.2 Å². The molecule has 82 valence electrons. The van der Waals surface area contributed by atoms with E-state index in [9.17, 15) is 0 Å². The quantitative estimate of drug-likeness (QED) is 0.840. The van der Waals surface area contributed by atoms with Gasteiger partial charge in [0.15, 0.2) is 11.5 Å². The average Bonchev–Trinajstić information content (AvgIpc) is 2.84. The lowest BCUT2D eigenvalue weighted by Crippen LogP contribution is -1.92. The van der Waals surface area contributed by atoms with Crippen molar-refractivity contribution in [3.63, 3.8) is 0 Å². The second-order valence-corrected chi connectivity index (χ2v) is 4.25. The van der Waals surface area contributed by atoms with Crippen LogP contribution < -0.4 is 15.2 Å². The molecule has 2 aromatic rings. The van der Waals surface area contributed by atoms with Crippen LogP contribution in [0.4, 0.5) is 5.82 Å². The molecule has 1 aromatic heterocycles. The topological polar surface area (TPSA) is 73.2 Å². The Kier molecular flexibility index (Phi) is 2.03. The van der Waals surface area contributed by atoms with Crippen LogP contribution in [-0.2, 0) is 0 Å². The third-order valence-corrected chi connectivity index (χ3v) is 3.01. The number of nitrogens with two attached hydrogens (primary N) is 1. The number of aromatic nitrogens is 2. The molecule has 2 heterocycles. The first-order valence-electron chi connectivity index (χ1n) is 4.64. The first-order chi connectivity index (χ1) is 7.74. The maximum atomic E-state index is 5.57. The number of benzene rings is 1. The molecule has 1 aromatic carbocycles. The first-order valence-corrected chi connectivity index (χ1v) is 5.44. The van der Waals surface area contributed by atoms with E-state index in [1.54, 1.807) is 6.07 Å². The predicted molar refractivity (Wildman–Crippen MR) is 62.3 cm³/mol. The van der Waals surface area contributed by atoms with Gasteiger partial charge in [-0.25, -0.2) is 0 Å². The number of hydrogen-bond donors (Lipinski definition) is 2. The molecule has 5 nitrogen and oxygen atoms in total. The highest BCUT2D eigenvalue weighted by atomic mass is 79.9. The summed E-state index contributed by atoms with van der Waals surface area (Å²) in [6.07, 6.45) is 0. The first kappa shape index (κ1) is 9.53. The molecule has 0 amide bonds. The zero-order valence-electron chi connectivity index (χ0n) is 8.16. The Balaban J connectivity index is 2.14. The maximum absolute atomic E-state index is 5.57. The van der Waals surface area contributed by atoms with Crippen LogP contribution in [0, 0.1) is 0 Å². The van der Waals surface area contributed by atoms with Gasteiger partial charge in [-0.3, -0.25) is 5.10 Å². The Labute approximate surface area is 99.7 Å². The summed E-state index contributed by atoms with van der Waals surface area (Å²) >= 11 is 3.47. The minimum absolute atomic E-state index is 0.260. The lowest BCUT2D eigenvalue weighted by atomic mass is 10.1. The van der Waals surface area contributed by atoms with E-state index < -0.39 is 0 Å². The third-order valence-electron chi connectivity index (χ3n) is 2.35. The Hall–Kier alpha value is -1.69. The normalized spacial score (nSPS) is 13.1. The minimum Gasteiger partial charge on any atom is -0.454 e. The average molecular weight is 282 g/mol. The molecule has 6 heteroatoms. The number of ether oxygens (including phenoxy) is 2. The van der Waals surface area contributed by atoms with Crippen molar-refractivity contribution in [3.05, 3.63) is 22.7 Å². The number of halogens is 1. The van der Waals surface area contributed by atoms with Gasteiger partial charge in [0.05, 0.1) is 5.69 Å². The van der Waals surface area contributed by atoms with Crippen molar-refractivity contribution in [2.75, 3.05) is 12.5 Å². The van der Waals surface area contributed by atoms with E-state index in [0.717, 1.165) is 27.2 Å². The molecule has 3 rings (SSSR count). The van der Waals surface area contributed by atoms with E-state index in [4.69, 9.17) is 15.2 Å². The number of hydrogen-bond acceptors (Lipinski definition) is 4. The van der Waals surface area contributed by atoms with E-state index in [2.05, 4.69) is 26.1 Å². The standard InChI is InChI=1S/C10H8BrN3O2/c11-6-2-9-8(15-4-16-9)1-5(6)7-3-10(12)14-13-7/h1-3H,4H2,(H3,12,13,14). The fourth-order valence-corrected chi connectivity index (χ4v) is 2.13. The number of nitrogens with one attached hydrogen (secondary N) is 1. The van der Waals surface area contributed by atoms with Gasteiger partial charge in [0.25, 0.3) is 0 Å². The van der Waals surface area contributed by atoms with E-state index >= 15 is 0 Å². The molecule has 16 heavy (non-hydrogen) atoms. The molecule has 0 unspecified atom stereocenters. The van der Waals surface area contributed by atoms with Crippen molar-refractivity contribution in [3.8, 4) is 22.8 Å². The van der Waals surface area contributed by atoms with E-state index in [1.807, 2.05) is 12.1 Å². The molecular weight excluding hydrogens is 274 g/mol. The predicted octanol–water partition coefficient (Wildman–Crippen LogP) is 2.15. The molecule has 1 aliphatic heterocycles. The SMILES string of the molecule is Nc1cc(-c2cc3c(cc2Br)OCO3)[nH]n1. The lowest BCUT2D eigenvalue weighted by Gasteiger charge is -2.03. The number of aromatic amines is 1. The summed E-state index contributed by atoms with van der Waals surface area (Å²) in [6.45, 7) is 0.260. The second kappa shape index (κ2) is 3.41. The van der Waals surface area contributed by atoms with Gasteiger partial charge in [-0.1, -0.05) is 0 Å². The molecule has 3 N–H and O–H groups in total. The Bertz CT molecular complexity index is 553. The summed E-state index contributed by atoms with van der Waals surface area (Å²) in [4.78, 5) is 0. The van der Waals surface area contributed by atoms with Crippen molar-refractivity contribution >= 4 is 21.7 Å². The zero-order chi connectivity index (χ0) is 11.1. The highest BCUT2D eigenvalue weighted by Crippen LogP contribution is 2.40. The van der Waals surface area contributed by atoms with Crippen molar-refractivity contribution in [2.24, 2.45) is 0 Å². The van der Waals surface area contributed by atoms with Gasteiger partial charge in [0.1, 0.15) is 5.82 Å². The lowest BCUT2D eigenvalue weighted by molar-refractivity contribution is 0.174. The Morgan fingerprint density at radius 3 is 2.69 bits per heavy atom. The zero-order valence-corrected chi connectivity index (χ0v) is 9.74. The van der Waals surface area contributed by atoms with E-state index in [1.165, 1.54) is 0 Å². The number of anilines is 1. The highest BCUT2D eigenvalue weighted by Gasteiger charge is 2.17. The van der Waals surface area contributed by atoms with Gasteiger partial charge in [0.2, 0.25) is 6.79 Å². The number of nitrogens with zero attached hydrogens (tertiary/aromatic N) is 1. The molecule has 0 saturated heterocycles. The minimum atomic E-state index is 0.260. The summed E-state index contributed by atoms with van der Waals surface area (Å²) < 4.78 is 11.5. The van der Waals surface area contributed by atoms with E-state index in [0.29, 0.717) is 5.82 Å². The van der Waals surface area contributed by atoms with E-state index in [-0.39, 0.29) is 6.79 Å². The van der Waals surface area contributed by atoms with Gasteiger partial charge in [0, 0.05) is 16.1 Å². The summed E-state index contributed by atoms with van der Waals surface area (Å²) in [7, 11) is 0. The second-order valence-electron chi connectivity index (χ2n) is 3.39. The van der Waals surface area contributed by atoms with Crippen LogP contribution in [0.25, 0.3) is 11.3 Å². The summed E-state index contributed by atoms with van der Waals surface area (Å²) in [5, 5.41) is 6.74. The van der Waals surface area contributed by atoms with Gasteiger partial charge in [-0.2, -0.15) is 5.10 Å². The highest BCUT2D eigenvalue weighted by molar-refractivity contribution is 9.10.